The van der Waals surface area contributed by atoms with E-state index in [1.54, 1.807) is 18.3 Å². The van der Waals surface area contributed by atoms with Crippen LogP contribution in [0.15, 0.2) is 68.9 Å². The lowest BCUT2D eigenvalue weighted by Gasteiger charge is -2.27. The Balaban J connectivity index is 1.45. The molecule has 0 bridgehead atoms. The molecule has 0 saturated carbocycles. The molecule has 4 heterocycles. The third-order valence-corrected chi connectivity index (χ3v) is 5.21. The Morgan fingerprint density at radius 2 is 1.97 bits per heavy atom. The first kappa shape index (κ1) is 17.5. The summed E-state index contributed by atoms with van der Waals surface area (Å²) in [7, 11) is 0. The van der Waals surface area contributed by atoms with Crippen molar-refractivity contribution >= 4 is 11.0 Å². The number of aromatic nitrogens is 3. The van der Waals surface area contributed by atoms with Gasteiger partial charge in [-0.3, -0.25) is 19.5 Å². The topological polar surface area (TPSA) is 92.1 Å². The molecule has 5 rings (SSSR count). The first-order chi connectivity index (χ1) is 14.2. The van der Waals surface area contributed by atoms with Crippen molar-refractivity contribution in [2.45, 2.75) is 19.5 Å². The van der Waals surface area contributed by atoms with Crippen LogP contribution >= 0.6 is 0 Å². The Morgan fingerprint density at radius 3 is 2.83 bits per heavy atom. The average Bonchev–Trinajstić information content (AvgIpc) is 2.76. The summed E-state index contributed by atoms with van der Waals surface area (Å²) >= 11 is 0. The number of pyridine rings is 1. The quantitative estimate of drug-likeness (QED) is 0.582. The smallest absolute Gasteiger partial charge is 0.254 e. The van der Waals surface area contributed by atoms with E-state index in [0.717, 1.165) is 5.69 Å². The Morgan fingerprint density at radius 1 is 1.10 bits per heavy atom. The first-order valence-corrected chi connectivity index (χ1v) is 9.44. The number of fused-ring (bicyclic) bond motifs is 2. The van der Waals surface area contributed by atoms with Gasteiger partial charge in [0.1, 0.15) is 11.3 Å². The maximum atomic E-state index is 12.8. The standard InChI is InChI=1S/C22H18N4O3/c27-20-14(13-29-19-7-2-1-5-16(19)20)11-26-10-8-15-18(12-26)24-21(25-22(15)28)17-6-3-4-9-23-17/h1-7,9,13H,8,10-12H2,(H,24,25,28). The van der Waals surface area contributed by atoms with Crippen LogP contribution in [0.4, 0.5) is 0 Å². The zero-order valence-corrected chi connectivity index (χ0v) is 15.6. The molecule has 0 radical (unpaired) electrons. The second-order valence-electron chi connectivity index (χ2n) is 7.10. The molecule has 0 amide bonds. The van der Waals surface area contributed by atoms with Crippen LogP contribution in [0.3, 0.4) is 0 Å². The molecule has 144 valence electrons. The molecule has 0 atom stereocenters. The van der Waals surface area contributed by atoms with Crippen molar-refractivity contribution in [3.8, 4) is 11.5 Å². The van der Waals surface area contributed by atoms with Gasteiger partial charge in [0.05, 0.1) is 17.3 Å². The van der Waals surface area contributed by atoms with E-state index >= 15 is 0 Å². The van der Waals surface area contributed by atoms with Crippen LogP contribution in [-0.4, -0.2) is 26.4 Å². The van der Waals surface area contributed by atoms with Gasteiger partial charge in [-0.15, -0.1) is 0 Å². The van der Waals surface area contributed by atoms with Gasteiger partial charge >= 0.3 is 0 Å². The van der Waals surface area contributed by atoms with Crippen molar-refractivity contribution in [2.75, 3.05) is 6.54 Å². The van der Waals surface area contributed by atoms with Crippen molar-refractivity contribution in [3.63, 3.8) is 0 Å². The molecule has 0 saturated heterocycles. The minimum atomic E-state index is -0.125. The minimum Gasteiger partial charge on any atom is -0.464 e. The predicted octanol–water partition coefficient (Wildman–Crippen LogP) is 2.50. The molecule has 1 aromatic carbocycles. The van der Waals surface area contributed by atoms with E-state index < -0.39 is 0 Å². The maximum Gasteiger partial charge on any atom is 0.254 e. The van der Waals surface area contributed by atoms with Crippen LogP contribution in [0.1, 0.15) is 16.8 Å². The van der Waals surface area contributed by atoms with Crippen molar-refractivity contribution in [2.24, 2.45) is 0 Å². The number of benzene rings is 1. The van der Waals surface area contributed by atoms with E-state index in [-0.39, 0.29) is 11.0 Å². The highest BCUT2D eigenvalue weighted by molar-refractivity contribution is 5.76. The molecule has 4 aromatic rings. The van der Waals surface area contributed by atoms with Gasteiger partial charge in [-0.2, -0.15) is 0 Å². The first-order valence-electron chi connectivity index (χ1n) is 9.44. The number of para-hydroxylation sites is 1. The van der Waals surface area contributed by atoms with Crippen LogP contribution in [0.2, 0.25) is 0 Å². The van der Waals surface area contributed by atoms with Crippen LogP contribution in [0, 0.1) is 0 Å². The lowest BCUT2D eigenvalue weighted by Crippen LogP contribution is -2.36. The molecule has 0 fully saturated rings. The lowest BCUT2D eigenvalue weighted by atomic mass is 10.1. The van der Waals surface area contributed by atoms with E-state index in [4.69, 9.17) is 4.42 Å². The fraction of sp³-hybridized carbons (Fsp3) is 0.182. The van der Waals surface area contributed by atoms with E-state index in [1.165, 1.54) is 6.26 Å². The normalized spacial score (nSPS) is 14.1. The molecular formula is C22H18N4O3. The van der Waals surface area contributed by atoms with E-state index in [9.17, 15) is 9.59 Å². The summed E-state index contributed by atoms with van der Waals surface area (Å²) < 4.78 is 5.63. The second-order valence-corrected chi connectivity index (χ2v) is 7.10. The summed E-state index contributed by atoms with van der Waals surface area (Å²) in [6.07, 6.45) is 3.78. The molecule has 1 aliphatic rings. The highest BCUT2D eigenvalue weighted by Crippen LogP contribution is 2.19. The Bertz CT molecular complexity index is 1310. The Hall–Kier alpha value is -3.58. The monoisotopic (exact) mass is 386 g/mol. The summed E-state index contributed by atoms with van der Waals surface area (Å²) in [5.74, 6) is 0.460. The second kappa shape index (κ2) is 7.10. The van der Waals surface area contributed by atoms with Gasteiger partial charge in [-0.25, -0.2) is 4.98 Å². The summed E-state index contributed by atoms with van der Waals surface area (Å²) in [6.45, 7) is 1.61. The zero-order valence-electron chi connectivity index (χ0n) is 15.6. The summed E-state index contributed by atoms with van der Waals surface area (Å²) in [5.41, 5.74) is 3.09. The van der Waals surface area contributed by atoms with Crippen molar-refractivity contribution in [3.05, 3.63) is 92.3 Å². The number of rotatable bonds is 3. The maximum absolute atomic E-state index is 12.8. The predicted molar refractivity (Wildman–Crippen MR) is 108 cm³/mol. The molecule has 29 heavy (non-hydrogen) atoms. The number of H-pyrrole nitrogens is 1. The van der Waals surface area contributed by atoms with Gasteiger partial charge in [0, 0.05) is 37.0 Å². The van der Waals surface area contributed by atoms with Crippen molar-refractivity contribution in [1.82, 2.24) is 19.9 Å². The average molecular weight is 386 g/mol. The lowest BCUT2D eigenvalue weighted by molar-refractivity contribution is 0.238. The highest BCUT2D eigenvalue weighted by atomic mass is 16.3. The molecule has 0 aliphatic carbocycles. The molecule has 0 spiro atoms. The van der Waals surface area contributed by atoms with Gasteiger partial charge < -0.3 is 9.40 Å². The third kappa shape index (κ3) is 3.25. The van der Waals surface area contributed by atoms with Crippen LogP contribution in [0.25, 0.3) is 22.5 Å². The van der Waals surface area contributed by atoms with Gasteiger partial charge in [-0.1, -0.05) is 18.2 Å². The number of hydrogen-bond donors (Lipinski definition) is 1. The van der Waals surface area contributed by atoms with Gasteiger partial charge in [-0.05, 0) is 30.7 Å². The van der Waals surface area contributed by atoms with Crippen LogP contribution in [0.5, 0.6) is 0 Å². The summed E-state index contributed by atoms with van der Waals surface area (Å²) in [4.78, 5) is 39.1. The highest BCUT2D eigenvalue weighted by Gasteiger charge is 2.22. The fourth-order valence-corrected chi connectivity index (χ4v) is 3.72. The Labute approximate surface area is 165 Å². The Kier molecular flexibility index (Phi) is 4.29. The molecule has 7 heteroatoms. The molecule has 0 unspecified atom stereocenters. The van der Waals surface area contributed by atoms with E-state index in [1.807, 2.05) is 30.3 Å². The molecular weight excluding hydrogens is 368 g/mol. The fourth-order valence-electron chi connectivity index (χ4n) is 3.72. The number of aromatic amines is 1. The molecule has 1 N–H and O–H groups in total. The molecule has 3 aromatic heterocycles. The third-order valence-electron chi connectivity index (χ3n) is 5.21. The zero-order chi connectivity index (χ0) is 19.8. The number of nitrogens with zero attached hydrogens (tertiary/aromatic N) is 3. The van der Waals surface area contributed by atoms with Crippen LogP contribution in [-0.2, 0) is 19.5 Å². The van der Waals surface area contributed by atoms with Gasteiger partial charge in [0.15, 0.2) is 11.3 Å². The van der Waals surface area contributed by atoms with Crippen molar-refractivity contribution < 1.29 is 4.42 Å². The number of nitrogens with one attached hydrogen (secondary N) is 1. The SMILES string of the molecule is O=c1[nH]c(-c2ccccn2)nc2c1CCN(Cc1coc3ccccc3c1=O)C2. The van der Waals surface area contributed by atoms with Crippen molar-refractivity contribution in [1.29, 1.82) is 0 Å². The van der Waals surface area contributed by atoms with Gasteiger partial charge in [0.2, 0.25) is 0 Å². The number of hydrogen-bond acceptors (Lipinski definition) is 6. The molecule has 7 nitrogen and oxygen atoms in total. The van der Waals surface area contributed by atoms with E-state index in [0.29, 0.717) is 59.7 Å². The van der Waals surface area contributed by atoms with E-state index in [2.05, 4.69) is 19.9 Å². The largest absolute Gasteiger partial charge is 0.464 e. The van der Waals surface area contributed by atoms with Crippen LogP contribution < -0.4 is 11.0 Å². The summed E-state index contributed by atoms with van der Waals surface area (Å²) in [6, 6.07) is 12.7. The minimum absolute atomic E-state index is 0.0225. The van der Waals surface area contributed by atoms with Gasteiger partial charge in [0.25, 0.3) is 5.56 Å². The summed E-state index contributed by atoms with van der Waals surface area (Å²) in [5, 5.41) is 0.578. The molecule has 1 aliphatic heterocycles.